The SMILES string of the molecule is COC(=O)CCCC1C=CC=CC1C1CC=CC(CC2N(C(=O)OCc3ccccc3)C(C)CC23COCC(=O)N3)=C1F. The first-order valence-corrected chi connectivity index (χ1v) is 15.2. The first kappa shape index (κ1) is 30.7. The Bertz CT molecular complexity index is 1310. The molecule has 0 saturated carbocycles. The minimum atomic E-state index is -0.849. The number of hydrogen-bond donors (Lipinski definition) is 1. The van der Waals surface area contributed by atoms with E-state index in [1.165, 1.54) is 7.11 Å². The van der Waals surface area contributed by atoms with E-state index in [2.05, 4.69) is 17.5 Å². The maximum absolute atomic E-state index is 16.5. The molecule has 1 spiro atoms. The monoisotopic (exact) mass is 592 g/mol. The number of benzene rings is 1. The summed E-state index contributed by atoms with van der Waals surface area (Å²) in [4.78, 5) is 39.4. The van der Waals surface area contributed by atoms with Crippen molar-refractivity contribution in [2.24, 2.45) is 17.8 Å². The molecular formula is C34H41FN2O6. The van der Waals surface area contributed by atoms with Gasteiger partial charge < -0.3 is 19.5 Å². The number of rotatable bonds is 9. The molecule has 0 aromatic heterocycles. The van der Waals surface area contributed by atoms with Gasteiger partial charge in [0.25, 0.3) is 0 Å². The molecule has 2 aliphatic heterocycles. The average molecular weight is 593 g/mol. The van der Waals surface area contributed by atoms with E-state index < -0.39 is 17.7 Å². The molecule has 6 atom stereocenters. The summed E-state index contributed by atoms with van der Waals surface area (Å²) < 4.78 is 32.7. The predicted octanol–water partition coefficient (Wildman–Crippen LogP) is 5.56. The highest BCUT2D eigenvalue weighted by Gasteiger charge is 2.55. The number of halogens is 1. The van der Waals surface area contributed by atoms with E-state index in [0.717, 1.165) is 12.0 Å². The predicted molar refractivity (Wildman–Crippen MR) is 159 cm³/mol. The van der Waals surface area contributed by atoms with Crippen molar-refractivity contribution >= 4 is 18.0 Å². The lowest BCUT2D eigenvalue weighted by molar-refractivity contribution is -0.140. The van der Waals surface area contributed by atoms with Crippen LogP contribution in [0.2, 0.25) is 0 Å². The number of carbonyl (C=O) groups excluding carboxylic acids is 3. The Hall–Kier alpha value is -3.72. The first-order chi connectivity index (χ1) is 20.8. The van der Waals surface area contributed by atoms with Crippen LogP contribution in [-0.2, 0) is 30.4 Å². The number of amides is 2. The third-order valence-corrected chi connectivity index (χ3v) is 9.17. The van der Waals surface area contributed by atoms with Crippen LogP contribution in [-0.4, -0.2) is 60.8 Å². The number of nitrogens with one attached hydrogen (secondary N) is 1. The van der Waals surface area contributed by atoms with E-state index in [1.807, 2.05) is 61.6 Å². The van der Waals surface area contributed by atoms with Crippen LogP contribution in [0.4, 0.5) is 9.18 Å². The van der Waals surface area contributed by atoms with Gasteiger partial charge in [0.05, 0.1) is 25.3 Å². The normalized spacial score (nSPS) is 30.1. The van der Waals surface area contributed by atoms with Crippen molar-refractivity contribution in [2.45, 2.75) is 69.7 Å². The largest absolute Gasteiger partial charge is 0.469 e. The van der Waals surface area contributed by atoms with Gasteiger partial charge in [0.15, 0.2) is 0 Å². The summed E-state index contributed by atoms with van der Waals surface area (Å²) >= 11 is 0. The van der Waals surface area contributed by atoms with Gasteiger partial charge in [-0.05, 0) is 62.0 Å². The van der Waals surface area contributed by atoms with E-state index in [1.54, 1.807) is 4.90 Å². The van der Waals surface area contributed by atoms with Gasteiger partial charge in [-0.15, -0.1) is 0 Å². The van der Waals surface area contributed by atoms with Gasteiger partial charge in [-0.1, -0.05) is 66.8 Å². The zero-order valence-corrected chi connectivity index (χ0v) is 24.9. The quantitative estimate of drug-likeness (QED) is 0.377. The minimum Gasteiger partial charge on any atom is -0.469 e. The molecule has 6 unspecified atom stereocenters. The minimum absolute atomic E-state index is 0.0424. The lowest BCUT2D eigenvalue weighted by Crippen LogP contribution is -2.63. The second kappa shape index (κ2) is 13.7. The number of likely N-dealkylation sites (tertiary alicyclic amines) is 1. The van der Waals surface area contributed by atoms with E-state index in [9.17, 15) is 14.4 Å². The molecule has 2 heterocycles. The number of carbonyl (C=O) groups is 3. The summed E-state index contributed by atoms with van der Waals surface area (Å²) in [5.41, 5.74) is 0.538. The molecule has 4 aliphatic rings. The summed E-state index contributed by atoms with van der Waals surface area (Å²) in [5.74, 6) is -1.03. The molecule has 0 bridgehead atoms. The second-order valence-electron chi connectivity index (χ2n) is 12.0. The van der Waals surface area contributed by atoms with Crippen LogP contribution in [0.3, 0.4) is 0 Å². The van der Waals surface area contributed by atoms with Gasteiger partial charge in [-0.3, -0.25) is 14.5 Å². The van der Waals surface area contributed by atoms with Gasteiger partial charge >= 0.3 is 12.1 Å². The third kappa shape index (κ3) is 6.93. The lowest BCUT2D eigenvalue weighted by Gasteiger charge is -2.41. The summed E-state index contributed by atoms with van der Waals surface area (Å²) in [5, 5.41) is 3.11. The van der Waals surface area contributed by atoms with Crippen molar-refractivity contribution in [1.82, 2.24) is 10.2 Å². The number of nitrogens with zero attached hydrogens (tertiary/aromatic N) is 1. The molecule has 0 radical (unpaired) electrons. The fourth-order valence-electron chi connectivity index (χ4n) is 7.15. The van der Waals surface area contributed by atoms with Crippen molar-refractivity contribution < 1.29 is 33.0 Å². The van der Waals surface area contributed by atoms with Crippen molar-refractivity contribution in [3.05, 3.63) is 83.8 Å². The topological polar surface area (TPSA) is 94.2 Å². The van der Waals surface area contributed by atoms with E-state index in [-0.39, 0.29) is 67.7 Å². The highest BCUT2D eigenvalue weighted by molar-refractivity contribution is 5.79. The number of esters is 1. The summed E-state index contributed by atoms with van der Waals surface area (Å²) in [6, 6.07) is 8.63. The molecule has 1 aromatic rings. The molecule has 43 heavy (non-hydrogen) atoms. The van der Waals surface area contributed by atoms with Crippen LogP contribution >= 0.6 is 0 Å². The van der Waals surface area contributed by atoms with Gasteiger partial charge in [0.2, 0.25) is 5.91 Å². The molecule has 1 N–H and O–H groups in total. The highest BCUT2D eigenvalue weighted by Crippen LogP contribution is 2.44. The van der Waals surface area contributed by atoms with Gasteiger partial charge in [0, 0.05) is 18.4 Å². The van der Waals surface area contributed by atoms with Crippen LogP contribution in [0, 0.1) is 17.8 Å². The van der Waals surface area contributed by atoms with Crippen molar-refractivity contribution in [1.29, 1.82) is 0 Å². The number of methoxy groups -OCH3 is 1. The Morgan fingerprint density at radius 1 is 1.19 bits per heavy atom. The molecule has 1 aromatic carbocycles. The smallest absolute Gasteiger partial charge is 0.410 e. The molecular weight excluding hydrogens is 551 g/mol. The van der Waals surface area contributed by atoms with Crippen LogP contribution in [0.5, 0.6) is 0 Å². The maximum Gasteiger partial charge on any atom is 0.410 e. The van der Waals surface area contributed by atoms with Crippen LogP contribution < -0.4 is 5.32 Å². The highest BCUT2D eigenvalue weighted by atomic mass is 19.1. The van der Waals surface area contributed by atoms with Crippen LogP contribution in [0.25, 0.3) is 0 Å². The first-order valence-electron chi connectivity index (χ1n) is 15.2. The summed E-state index contributed by atoms with van der Waals surface area (Å²) in [6.45, 7) is 2.23. The third-order valence-electron chi connectivity index (χ3n) is 9.17. The Labute approximate surface area is 252 Å². The number of hydrogen-bond acceptors (Lipinski definition) is 6. The molecule has 2 saturated heterocycles. The van der Waals surface area contributed by atoms with Crippen LogP contribution in [0.15, 0.2) is 78.2 Å². The standard InChI is InChI=1S/C34H41FN2O6/c1-23-19-34(22-42-21-30(38)36-34)29(37(23)33(40)43-20-24-10-4-3-5-11-24)18-26-14-8-16-28(32(26)35)27-15-7-6-12-25(27)13-9-17-31(39)41-2/h3-8,10-12,14-15,23,25,27-29H,9,13,16-22H2,1-2H3,(H,36,38). The van der Waals surface area contributed by atoms with Crippen molar-refractivity contribution in [3.8, 4) is 0 Å². The van der Waals surface area contributed by atoms with Crippen molar-refractivity contribution in [3.63, 3.8) is 0 Å². The summed E-state index contributed by atoms with van der Waals surface area (Å²) in [7, 11) is 1.38. The average Bonchev–Trinajstić information content (AvgIpc) is 3.26. The Morgan fingerprint density at radius 3 is 2.74 bits per heavy atom. The fraction of sp³-hybridized carbons (Fsp3) is 0.500. The molecule has 5 rings (SSSR count). The zero-order valence-electron chi connectivity index (χ0n) is 24.9. The summed E-state index contributed by atoms with van der Waals surface area (Å²) in [6.07, 6.45) is 14.4. The van der Waals surface area contributed by atoms with Gasteiger partial charge in [0.1, 0.15) is 19.0 Å². The molecule has 230 valence electrons. The Kier molecular flexibility index (Phi) is 9.80. The van der Waals surface area contributed by atoms with Gasteiger partial charge in [-0.2, -0.15) is 0 Å². The Morgan fingerprint density at radius 2 is 1.98 bits per heavy atom. The molecule has 2 aliphatic carbocycles. The molecule has 9 heteroatoms. The van der Waals surface area contributed by atoms with Crippen LogP contribution in [0.1, 0.15) is 51.0 Å². The van der Waals surface area contributed by atoms with E-state index >= 15 is 4.39 Å². The molecule has 8 nitrogen and oxygen atoms in total. The van der Waals surface area contributed by atoms with Crippen molar-refractivity contribution in [2.75, 3.05) is 20.3 Å². The number of ether oxygens (including phenoxy) is 3. The van der Waals surface area contributed by atoms with E-state index in [0.29, 0.717) is 31.3 Å². The molecule has 2 fully saturated rings. The van der Waals surface area contributed by atoms with Gasteiger partial charge in [-0.25, -0.2) is 9.18 Å². The number of allylic oxidation sites excluding steroid dienone is 7. The molecule has 2 amide bonds. The van der Waals surface area contributed by atoms with E-state index in [4.69, 9.17) is 14.2 Å². The fourth-order valence-corrected chi connectivity index (χ4v) is 7.15. The zero-order chi connectivity index (χ0) is 30.4. The second-order valence-corrected chi connectivity index (χ2v) is 12.0. The lowest BCUT2D eigenvalue weighted by atomic mass is 9.72. The Balaban J connectivity index is 1.37. The number of morpholine rings is 1. The maximum atomic E-state index is 16.5.